The van der Waals surface area contributed by atoms with Crippen LogP contribution >= 0.6 is 0 Å². The number of imide groups is 2. The monoisotopic (exact) mass is 578 g/mol. The van der Waals surface area contributed by atoms with E-state index in [0.717, 1.165) is 46.2 Å². The highest BCUT2D eigenvalue weighted by Gasteiger charge is 2.35. The molecule has 3 aromatic carbocycles. The van der Waals surface area contributed by atoms with E-state index in [2.05, 4.69) is 0 Å². The molecule has 2 heterocycles. The van der Waals surface area contributed by atoms with E-state index in [4.69, 9.17) is 14.2 Å². The average molecular weight is 578 g/mol. The molecule has 4 amide bonds. The van der Waals surface area contributed by atoms with Crippen molar-refractivity contribution in [3.05, 3.63) is 102 Å². The smallest absolute Gasteiger partial charge is 0.420 e. The van der Waals surface area contributed by atoms with Gasteiger partial charge in [-0.25, -0.2) is 14.6 Å². The first-order chi connectivity index (χ1) is 20.0. The van der Waals surface area contributed by atoms with Gasteiger partial charge in [0.05, 0.1) is 16.9 Å². The Bertz CT molecular complexity index is 1630. The first-order valence-electron chi connectivity index (χ1n) is 12.0. The van der Waals surface area contributed by atoms with Crippen LogP contribution in [0.3, 0.4) is 0 Å². The van der Waals surface area contributed by atoms with Crippen LogP contribution in [0, 0.1) is 0 Å². The number of anilines is 2. The largest absolute Gasteiger partial charge is 0.457 e. The predicted molar refractivity (Wildman–Crippen MR) is 139 cm³/mol. The van der Waals surface area contributed by atoms with E-state index < -0.39 is 59.6 Å². The Morgan fingerprint density at radius 1 is 0.643 bits per heavy atom. The maximum Gasteiger partial charge on any atom is 0.420 e. The van der Waals surface area contributed by atoms with Gasteiger partial charge in [-0.05, 0) is 66.7 Å². The molecule has 0 spiro atoms. The van der Waals surface area contributed by atoms with Gasteiger partial charge in [0.1, 0.15) is 22.8 Å². The average Bonchev–Trinajstić information content (AvgIpc) is 3.48. The third-order valence-electron chi connectivity index (χ3n) is 5.98. The maximum atomic E-state index is 13.8. The van der Waals surface area contributed by atoms with Crippen molar-refractivity contribution in [3.63, 3.8) is 0 Å². The van der Waals surface area contributed by atoms with Gasteiger partial charge in [-0.2, -0.15) is 13.2 Å². The third kappa shape index (κ3) is 5.75. The second-order valence-electron chi connectivity index (χ2n) is 8.68. The molecule has 10 nitrogen and oxygen atoms in total. The summed E-state index contributed by atoms with van der Waals surface area (Å²) in [4.78, 5) is 61.5. The van der Waals surface area contributed by atoms with Crippen LogP contribution in [-0.2, 0) is 25.4 Å². The van der Waals surface area contributed by atoms with Crippen LogP contribution in [0.4, 0.5) is 24.5 Å². The lowest BCUT2D eigenvalue weighted by Crippen LogP contribution is -2.29. The van der Waals surface area contributed by atoms with Crippen molar-refractivity contribution < 1.29 is 51.4 Å². The van der Waals surface area contributed by atoms with Gasteiger partial charge in [0, 0.05) is 24.3 Å². The molecule has 0 radical (unpaired) electrons. The van der Waals surface area contributed by atoms with Gasteiger partial charge in [-0.1, -0.05) is 0 Å². The Balaban J connectivity index is 1.22. The summed E-state index contributed by atoms with van der Waals surface area (Å²) in [5.74, 6) is -3.88. The summed E-state index contributed by atoms with van der Waals surface area (Å²) in [6, 6.07) is 13.5. The number of benzene rings is 3. The fourth-order valence-electron chi connectivity index (χ4n) is 3.99. The molecule has 0 aliphatic carbocycles. The fourth-order valence-corrected chi connectivity index (χ4v) is 3.99. The van der Waals surface area contributed by atoms with Gasteiger partial charge in [0.2, 0.25) is 6.79 Å². The van der Waals surface area contributed by atoms with Gasteiger partial charge >= 0.3 is 12.1 Å². The third-order valence-corrected chi connectivity index (χ3v) is 5.98. The van der Waals surface area contributed by atoms with Crippen LogP contribution in [0.15, 0.2) is 91.0 Å². The Hall–Kier alpha value is -5.72. The quantitative estimate of drug-likeness (QED) is 0.169. The zero-order valence-electron chi connectivity index (χ0n) is 21.2. The molecule has 0 N–H and O–H groups in total. The summed E-state index contributed by atoms with van der Waals surface area (Å²) >= 11 is 0. The summed E-state index contributed by atoms with van der Waals surface area (Å²) in [5, 5.41) is 0. The highest BCUT2D eigenvalue weighted by atomic mass is 19.4. The number of esters is 1. The van der Waals surface area contributed by atoms with Crippen LogP contribution in [0.5, 0.6) is 17.2 Å². The predicted octanol–water partition coefficient (Wildman–Crippen LogP) is 4.20. The molecule has 212 valence electrons. The molecule has 42 heavy (non-hydrogen) atoms. The van der Waals surface area contributed by atoms with Crippen molar-refractivity contribution in [2.75, 3.05) is 16.6 Å². The van der Waals surface area contributed by atoms with Crippen molar-refractivity contribution in [3.8, 4) is 17.2 Å². The van der Waals surface area contributed by atoms with Crippen LogP contribution in [0.1, 0.15) is 15.9 Å². The molecule has 5 rings (SSSR count). The topological polar surface area (TPSA) is 120 Å². The number of ether oxygens (including phenoxy) is 3. The normalized spacial score (nSPS) is 14.6. The summed E-state index contributed by atoms with van der Waals surface area (Å²) in [6.45, 7) is -0.616. The SMILES string of the molecule is O=C(Oc1ccc(OCOc2ccc(N3C(=O)C=CC3=O)cc2)c(C(F)(F)F)c1)c1ccc(N2C(=O)C=CC2=O)cc1. The molecule has 0 saturated heterocycles. The number of nitrogens with zero attached hydrogens (tertiary/aromatic N) is 2. The molecule has 0 fully saturated rings. The lowest BCUT2D eigenvalue weighted by atomic mass is 10.1. The lowest BCUT2D eigenvalue weighted by molar-refractivity contribution is -0.139. The standard InChI is InChI=1S/C29H17F3N2O8/c30-29(31,32)22-15-21(42-28(39)17-1-3-18(4-2-17)33-24(35)11-12-25(33)36)9-10-23(22)41-16-40-20-7-5-19(6-8-20)34-26(37)13-14-27(34)38/h1-15H,16H2. The van der Waals surface area contributed by atoms with Crippen LogP contribution in [0.25, 0.3) is 0 Å². The number of hydrogen-bond acceptors (Lipinski definition) is 8. The van der Waals surface area contributed by atoms with Crippen molar-refractivity contribution in [1.29, 1.82) is 0 Å². The molecule has 0 unspecified atom stereocenters. The highest BCUT2D eigenvalue weighted by Crippen LogP contribution is 2.39. The van der Waals surface area contributed by atoms with Crippen molar-refractivity contribution in [2.24, 2.45) is 0 Å². The fraction of sp³-hybridized carbons (Fsp3) is 0.0690. The first-order valence-corrected chi connectivity index (χ1v) is 12.0. The van der Waals surface area contributed by atoms with Gasteiger partial charge < -0.3 is 14.2 Å². The Morgan fingerprint density at radius 3 is 1.62 bits per heavy atom. The maximum absolute atomic E-state index is 13.8. The van der Waals surface area contributed by atoms with Gasteiger partial charge in [0.25, 0.3) is 23.6 Å². The molecule has 0 bridgehead atoms. The van der Waals surface area contributed by atoms with Crippen LogP contribution in [-0.4, -0.2) is 36.4 Å². The van der Waals surface area contributed by atoms with Crippen LogP contribution < -0.4 is 24.0 Å². The van der Waals surface area contributed by atoms with E-state index in [-0.39, 0.29) is 22.7 Å². The van der Waals surface area contributed by atoms with E-state index in [0.29, 0.717) is 6.07 Å². The lowest BCUT2D eigenvalue weighted by Gasteiger charge is -2.17. The van der Waals surface area contributed by atoms with E-state index in [9.17, 15) is 37.1 Å². The number of rotatable bonds is 8. The van der Waals surface area contributed by atoms with E-state index in [1.807, 2.05) is 0 Å². The van der Waals surface area contributed by atoms with Gasteiger partial charge in [-0.15, -0.1) is 0 Å². The molecule has 0 atom stereocenters. The summed E-state index contributed by atoms with van der Waals surface area (Å²) < 4.78 is 56.9. The first kappa shape index (κ1) is 27.8. The van der Waals surface area contributed by atoms with E-state index >= 15 is 0 Å². The number of carbonyl (C=O) groups is 5. The van der Waals surface area contributed by atoms with Gasteiger partial charge in [0.15, 0.2) is 0 Å². The molecule has 2 aliphatic heterocycles. The van der Waals surface area contributed by atoms with Crippen molar-refractivity contribution in [1.82, 2.24) is 0 Å². The molecular formula is C29H17F3N2O8. The van der Waals surface area contributed by atoms with E-state index in [1.54, 1.807) is 0 Å². The molecule has 3 aromatic rings. The van der Waals surface area contributed by atoms with Crippen molar-refractivity contribution in [2.45, 2.75) is 6.18 Å². The number of halogens is 3. The summed E-state index contributed by atoms with van der Waals surface area (Å²) in [5.41, 5.74) is -0.759. The zero-order valence-corrected chi connectivity index (χ0v) is 21.2. The van der Waals surface area contributed by atoms with Crippen molar-refractivity contribution >= 4 is 41.0 Å². The molecule has 0 aromatic heterocycles. The van der Waals surface area contributed by atoms with Gasteiger partial charge in [-0.3, -0.25) is 19.2 Å². The number of alkyl halides is 3. The number of carbonyl (C=O) groups excluding carboxylic acids is 5. The number of hydrogen-bond donors (Lipinski definition) is 0. The molecular weight excluding hydrogens is 561 g/mol. The van der Waals surface area contributed by atoms with E-state index in [1.165, 1.54) is 48.5 Å². The Labute approximate surface area is 234 Å². The molecule has 2 aliphatic rings. The summed E-state index contributed by atoms with van der Waals surface area (Å²) in [7, 11) is 0. The second kappa shape index (κ2) is 11.0. The highest BCUT2D eigenvalue weighted by molar-refractivity contribution is 6.28. The minimum atomic E-state index is -4.87. The summed E-state index contributed by atoms with van der Waals surface area (Å²) in [6.07, 6.45) is -0.414. The molecule has 13 heteroatoms. The Kier molecular flexibility index (Phi) is 7.32. The minimum Gasteiger partial charge on any atom is -0.457 e. The zero-order chi connectivity index (χ0) is 30.0. The van der Waals surface area contributed by atoms with Crippen LogP contribution in [0.2, 0.25) is 0 Å². The minimum absolute atomic E-state index is 0.0335. The number of amides is 4. The molecule has 0 saturated carbocycles. The Morgan fingerprint density at radius 2 is 1.12 bits per heavy atom. The second-order valence-corrected chi connectivity index (χ2v) is 8.68.